The minimum Gasteiger partial charge on any atom is -1.00 e. The Morgan fingerprint density at radius 1 is 0.800 bits per heavy atom. The van der Waals surface area contributed by atoms with Gasteiger partial charge in [-0.15, -0.1) is 0 Å². The van der Waals surface area contributed by atoms with Gasteiger partial charge in [0.2, 0.25) is 5.62 Å². The van der Waals surface area contributed by atoms with E-state index in [9.17, 15) is 0 Å². The predicted molar refractivity (Wildman–Crippen MR) is 206 cm³/mol. The molecule has 1 atom stereocenters. The molecule has 12 nitrogen and oxygen atoms in total. The smallest absolute Gasteiger partial charge is 1.00 e. The molecule has 0 bridgehead atoms. The fourth-order valence-electron chi connectivity index (χ4n) is 4.75. The van der Waals surface area contributed by atoms with Gasteiger partial charge in [0, 0.05) is 15.1 Å². The number of halogens is 4. The first kappa shape index (κ1) is 49.0. The van der Waals surface area contributed by atoms with Crippen LogP contribution in [0.2, 0.25) is 15.1 Å². The van der Waals surface area contributed by atoms with Crippen LogP contribution in [0.3, 0.4) is 0 Å². The van der Waals surface area contributed by atoms with Gasteiger partial charge in [0.05, 0.1) is 22.1 Å². The summed E-state index contributed by atoms with van der Waals surface area (Å²) in [6, 6.07) is 37.1. The Kier molecular flexibility index (Phi) is 23.2. The summed E-state index contributed by atoms with van der Waals surface area (Å²) in [5, 5.41) is 19.2. The van der Waals surface area contributed by atoms with Crippen molar-refractivity contribution in [1.29, 1.82) is 5.41 Å². The van der Waals surface area contributed by atoms with Crippen LogP contribution in [0.25, 0.3) is 22.1 Å². The number of rotatable bonds is 9. The summed E-state index contributed by atoms with van der Waals surface area (Å²) in [5.74, 6) is 2.58. The number of para-hydroxylation sites is 4. The van der Waals surface area contributed by atoms with Crippen LogP contribution in [0, 0.1) is 5.41 Å². The number of carbonyl (C=O) groups is 1. The van der Waals surface area contributed by atoms with Crippen LogP contribution < -0.4 is 134 Å². The maximum atomic E-state index is 8.73. The Hall–Kier alpha value is -2.10. The number of aromatic nitrogens is 4. The molecule has 0 fully saturated rings. The third kappa shape index (κ3) is 15.6. The molecule has 7 rings (SSSR count). The van der Waals surface area contributed by atoms with Gasteiger partial charge in [0.15, 0.2) is 25.0 Å². The van der Waals surface area contributed by atoms with Crippen LogP contribution in [0.4, 0.5) is 5.95 Å². The molecule has 278 valence electrons. The number of nitrogens with two attached hydrogens (primary N) is 1. The van der Waals surface area contributed by atoms with Crippen molar-refractivity contribution >= 4 is 80.9 Å². The van der Waals surface area contributed by atoms with E-state index >= 15 is 0 Å². The third-order valence-electron chi connectivity index (χ3n) is 7.06. The standard InChI is InChI=1S/C22H19Cl2N3O2.C7H6Cl2O.C7H7N3.CH2O3.2K.H/c1-15(29-19-12-8-17(24)9-13-19)27-21-5-3-2-4-20(21)26(22(27)25)14-28-18-10-6-16(23)7-11-18;8-5-10-7-3-1-6(9)2-4-7;8-7-9-5-3-1-2-4-6(5)10-7;2-1-4-3;;;/h2-13,15,25H,14H2,1H3;1-4H,5H2;1-4H,(H3,8,9,10);1,3H;;;/q;;;;2*+1;-1/p-1. The molecule has 18 heteroatoms. The first-order chi connectivity index (χ1) is 25.6. The van der Waals surface area contributed by atoms with Gasteiger partial charge in [-0.05, 0) is 104 Å². The van der Waals surface area contributed by atoms with Gasteiger partial charge in [0.1, 0.15) is 17.2 Å². The zero-order valence-electron chi connectivity index (χ0n) is 31.0. The average molecular weight is 879 g/mol. The first-order valence-corrected chi connectivity index (χ1v) is 17.2. The second-order valence-electron chi connectivity index (χ2n) is 10.5. The molecule has 0 radical (unpaired) electrons. The Balaban J connectivity index is 0.000000476. The first-order valence-electron chi connectivity index (χ1n) is 15.5. The van der Waals surface area contributed by atoms with E-state index in [2.05, 4.69) is 14.9 Å². The molecule has 0 aliphatic heterocycles. The molecule has 0 aliphatic rings. The molecule has 0 saturated carbocycles. The average Bonchev–Trinajstić information content (AvgIpc) is 3.69. The Morgan fingerprint density at radius 3 is 1.78 bits per heavy atom. The minimum atomic E-state index is -0.398. The van der Waals surface area contributed by atoms with Gasteiger partial charge in [-0.3, -0.25) is 19.3 Å². The SMILES string of the molecule is CC(Oc1ccc(Cl)cc1)n1c(=N)n(COc2ccc(Cl)cc2)c2ccccc21.ClCOc1ccc(Cl)cc1.Nc1nc2ccccc2[nH]1.O=CO[O-].[H-].[K+].[K+]. The van der Waals surface area contributed by atoms with Crippen molar-refractivity contribution in [3.8, 4) is 17.2 Å². The summed E-state index contributed by atoms with van der Waals surface area (Å²) in [7, 11) is 0. The van der Waals surface area contributed by atoms with Gasteiger partial charge >= 0.3 is 103 Å². The Morgan fingerprint density at radius 2 is 1.27 bits per heavy atom. The molecule has 5 aromatic carbocycles. The van der Waals surface area contributed by atoms with Crippen molar-refractivity contribution in [3.05, 3.63) is 142 Å². The van der Waals surface area contributed by atoms with E-state index in [1.807, 2.05) is 72.2 Å². The quantitative estimate of drug-likeness (QED) is 0.0655. The molecule has 7 aromatic rings. The maximum Gasteiger partial charge on any atom is 1.00 e. The number of aromatic amines is 1. The number of ether oxygens (including phenoxy) is 3. The van der Waals surface area contributed by atoms with Gasteiger partial charge in [0.25, 0.3) is 6.47 Å². The molecule has 2 aromatic heterocycles. The molecule has 55 heavy (non-hydrogen) atoms. The number of H-pyrrole nitrogens is 1. The van der Waals surface area contributed by atoms with Crippen LogP contribution in [-0.4, -0.2) is 31.6 Å². The van der Waals surface area contributed by atoms with E-state index < -0.39 is 6.23 Å². The van der Waals surface area contributed by atoms with E-state index in [1.165, 1.54) is 0 Å². The van der Waals surface area contributed by atoms with Crippen molar-refractivity contribution in [2.24, 2.45) is 0 Å². The third-order valence-corrected chi connectivity index (χ3v) is 7.92. The van der Waals surface area contributed by atoms with E-state index in [4.69, 9.17) is 81.8 Å². The monoisotopic (exact) mass is 876 g/mol. The number of alkyl halides is 1. The van der Waals surface area contributed by atoms with E-state index in [-0.39, 0.29) is 129 Å². The summed E-state index contributed by atoms with van der Waals surface area (Å²) < 4.78 is 20.5. The fourth-order valence-corrected chi connectivity index (χ4v) is 5.26. The molecular formula is C37H34Cl4K2N6O6. The minimum absolute atomic E-state index is 0. The fraction of sp³-hybridized carbons (Fsp3) is 0.108. The van der Waals surface area contributed by atoms with E-state index in [0.29, 0.717) is 32.5 Å². The largest absolute Gasteiger partial charge is 1.00 e. The molecule has 0 aliphatic carbocycles. The van der Waals surface area contributed by atoms with Gasteiger partial charge < -0.3 is 36.5 Å². The summed E-state index contributed by atoms with van der Waals surface area (Å²) in [6.45, 7) is 1.92. The second kappa shape index (κ2) is 26.0. The second-order valence-corrected chi connectivity index (χ2v) is 12.1. The van der Waals surface area contributed by atoms with Gasteiger partial charge in [-0.1, -0.05) is 70.7 Å². The topological polar surface area (TPSA) is 165 Å². The van der Waals surface area contributed by atoms with Crippen LogP contribution >= 0.6 is 46.4 Å². The summed E-state index contributed by atoms with van der Waals surface area (Å²) in [6.07, 6.45) is -0.398. The molecule has 0 saturated heterocycles. The summed E-state index contributed by atoms with van der Waals surface area (Å²) in [5.41, 5.74) is 9.38. The van der Waals surface area contributed by atoms with Crippen molar-refractivity contribution < 1.29 is 133 Å². The predicted octanol–water partition coefficient (Wildman–Crippen LogP) is 2.48. The molecule has 2 heterocycles. The van der Waals surface area contributed by atoms with Crippen molar-refractivity contribution in [3.63, 3.8) is 0 Å². The number of nitrogens with one attached hydrogen (secondary N) is 2. The van der Waals surface area contributed by atoms with Gasteiger partial charge in [-0.2, -0.15) is 0 Å². The summed E-state index contributed by atoms with van der Waals surface area (Å²) in [4.78, 5) is 18.2. The van der Waals surface area contributed by atoms with Crippen molar-refractivity contribution in [2.45, 2.75) is 19.9 Å². The number of benzene rings is 5. The van der Waals surface area contributed by atoms with E-state index in [1.54, 1.807) is 65.2 Å². The molecular weight excluding hydrogens is 844 g/mol. The number of carbonyl (C=O) groups excluding carboxylic acids is 1. The number of nitrogens with zero attached hydrogens (tertiary/aromatic N) is 3. The zero-order valence-corrected chi connectivity index (χ0v) is 39.3. The van der Waals surface area contributed by atoms with Crippen LogP contribution in [0.5, 0.6) is 17.2 Å². The van der Waals surface area contributed by atoms with Crippen molar-refractivity contribution in [2.75, 3.05) is 11.8 Å². The number of anilines is 1. The number of hydrogen-bond acceptors (Lipinski definition) is 9. The Bertz CT molecular complexity index is 2210. The van der Waals surface area contributed by atoms with E-state index in [0.717, 1.165) is 27.8 Å². The Labute approximate surface area is 423 Å². The van der Waals surface area contributed by atoms with Gasteiger partial charge in [-0.25, -0.2) is 4.98 Å². The molecule has 0 spiro atoms. The van der Waals surface area contributed by atoms with Crippen LogP contribution in [0.1, 0.15) is 14.6 Å². The number of hydrogen-bond donors (Lipinski definition) is 3. The number of fused-ring (bicyclic) bond motifs is 2. The normalized spacial score (nSPS) is 10.4. The summed E-state index contributed by atoms with van der Waals surface area (Å²) >= 11 is 22.8. The van der Waals surface area contributed by atoms with Crippen molar-refractivity contribution in [1.82, 2.24) is 19.1 Å². The molecule has 4 N–H and O–H groups in total. The van der Waals surface area contributed by atoms with Crippen LogP contribution in [0.15, 0.2) is 121 Å². The molecule has 1 unspecified atom stereocenters. The maximum absolute atomic E-state index is 8.73. The number of nitrogen functional groups attached to an aromatic ring is 1. The number of imidazole rings is 2. The van der Waals surface area contributed by atoms with Crippen LogP contribution in [-0.2, 0) is 16.4 Å². The molecule has 0 amide bonds. The zero-order chi connectivity index (χ0) is 38.2.